The van der Waals surface area contributed by atoms with Crippen molar-refractivity contribution in [2.45, 2.75) is 12.6 Å². The second-order valence-electron chi connectivity index (χ2n) is 4.61. The van der Waals surface area contributed by atoms with E-state index in [-0.39, 0.29) is 30.2 Å². The van der Waals surface area contributed by atoms with Gasteiger partial charge in [-0.3, -0.25) is 28.8 Å². The summed E-state index contributed by atoms with van der Waals surface area (Å²) < 4.78 is 1.44. The van der Waals surface area contributed by atoms with Crippen molar-refractivity contribution in [3.8, 4) is 0 Å². The third kappa shape index (κ3) is 3.51. The van der Waals surface area contributed by atoms with Crippen LogP contribution in [0.25, 0.3) is 0 Å². The second-order valence-corrected chi connectivity index (χ2v) is 5.36. The zero-order valence-electron chi connectivity index (χ0n) is 12.4. The Balaban J connectivity index is 2.20. The van der Waals surface area contributed by atoms with Crippen molar-refractivity contribution < 1.29 is 19.3 Å². The van der Waals surface area contributed by atoms with Gasteiger partial charge in [-0.15, -0.1) is 6.58 Å². The molecule has 1 saturated heterocycles. The first-order valence-corrected chi connectivity index (χ1v) is 7.85. The Morgan fingerprint density at radius 1 is 1.57 bits per heavy atom. The Morgan fingerprint density at radius 2 is 2.22 bits per heavy atom. The Hall–Kier alpha value is -2.39. The number of hydrogen-bond acceptors (Lipinski definition) is 6. The number of non-ortho nitro benzene ring substituents is 1. The van der Waals surface area contributed by atoms with Gasteiger partial charge in [0.15, 0.2) is 6.17 Å². The minimum Gasteiger partial charge on any atom is -0.274 e. The van der Waals surface area contributed by atoms with Crippen molar-refractivity contribution >= 4 is 29.4 Å². The van der Waals surface area contributed by atoms with E-state index in [1.807, 2.05) is 0 Å². The number of carbonyl (C=O) groups is 2. The van der Waals surface area contributed by atoms with Crippen molar-refractivity contribution in [1.29, 1.82) is 0 Å². The van der Waals surface area contributed by atoms with Gasteiger partial charge in [0.25, 0.3) is 11.6 Å². The van der Waals surface area contributed by atoms with Crippen molar-refractivity contribution in [3.05, 3.63) is 52.6 Å². The lowest BCUT2D eigenvalue weighted by Gasteiger charge is -2.43. The molecule has 1 atom stereocenters. The van der Waals surface area contributed by atoms with E-state index in [0.717, 1.165) is 5.06 Å². The quantitative estimate of drug-likeness (QED) is 0.248. The van der Waals surface area contributed by atoms with Crippen LogP contribution in [0.1, 0.15) is 16.8 Å². The van der Waals surface area contributed by atoms with Crippen LogP contribution in [0.15, 0.2) is 36.9 Å². The summed E-state index contributed by atoms with van der Waals surface area (Å²) in [6.45, 7) is 3.63. The molecular formula is C14H15N3O5S. The van der Waals surface area contributed by atoms with E-state index >= 15 is 0 Å². The van der Waals surface area contributed by atoms with E-state index in [0.29, 0.717) is 0 Å². The Kier molecular flexibility index (Phi) is 5.35. The SMILES string of the molecule is C=CCON(C(=O)c1ccc([N+](=O)[O-])cc1)C1CC(=O)N1SC. The second kappa shape index (κ2) is 7.25. The number of carbonyl (C=O) groups excluding carboxylic acids is 2. The lowest BCUT2D eigenvalue weighted by molar-refractivity contribution is -0.384. The summed E-state index contributed by atoms with van der Waals surface area (Å²) in [7, 11) is 0. The highest BCUT2D eigenvalue weighted by Crippen LogP contribution is 2.30. The van der Waals surface area contributed by atoms with E-state index in [1.165, 1.54) is 46.6 Å². The molecule has 1 heterocycles. The first-order chi connectivity index (χ1) is 11.0. The summed E-state index contributed by atoms with van der Waals surface area (Å²) in [6.07, 6.45) is 2.86. The molecular weight excluding hydrogens is 322 g/mol. The van der Waals surface area contributed by atoms with Crippen molar-refractivity contribution in [2.75, 3.05) is 12.9 Å². The standard InChI is InChI=1S/C14H15N3O5S/c1-3-8-22-15(12-9-13(18)16(12)23-2)14(19)10-4-6-11(7-5-10)17(20)21/h3-7,12H,1,8-9H2,2H3. The molecule has 8 nitrogen and oxygen atoms in total. The molecule has 1 aromatic rings. The molecule has 1 unspecified atom stereocenters. The molecule has 2 amide bonds. The molecule has 1 aliphatic rings. The molecule has 0 N–H and O–H groups in total. The number of hydroxylamine groups is 2. The predicted octanol–water partition coefficient (Wildman–Crippen LogP) is 1.99. The van der Waals surface area contributed by atoms with Crippen LogP contribution in [0.5, 0.6) is 0 Å². The molecule has 1 fully saturated rings. The van der Waals surface area contributed by atoms with Gasteiger partial charge >= 0.3 is 0 Å². The number of nitro benzene ring substituents is 1. The minimum absolute atomic E-state index is 0.0915. The lowest BCUT2D eigenvalue weighted by Crippen LogP contribution is -2.59. The first-order valence-electron chi connectivity index (χ1n) is 6.67. The van der Waals surface area contributed by atoms with Gasteiger partial charge in [0.05, 0.1) is 18.0 Å². The van der Waals surface area contributed by atoms with Crippen molar-refractivity contribution in [2.24, 2.45) is 0 Å². The van der Waals surface area contributed by atoms with Gasteiger partial charge in [0, 0.05) is 24.0 Å². The maximum absolute atomic E-state index is 12.6. The summed E-state index contributed by atoms with van der Waals surface area (Å²) in [6, 6.07) is 5.21. The van der Waals surface area contributed by atoms with Crippen LogP contribution < -0.4 is 0 Å². The van der Waals surface area contributed by atoms with Crippen LogP contribution in [-0.4, -0.2) is 45.1 Å². The van der Waals surface area contributed by atoms with Crippen molar-refractivity contribution in [1.82, 2.24) is 9.37 Å². The largest absolute Gasteiger partial charge is 0.279 e. The number of benzene rings is 1. The zero-order chi connectivity index (χ0) is 17.0. The van der Waals surface area contributed by atoms with Crippen LogP contribution in [0.2, 0.25) is 0 Å². The fraction of sp³-hybridized carbons (Fsp3) is 0.286. The first kappa shape index (κ1) is 17.0. The fourth-order valence-corrected chi connectivity index (χ4v) is 2.73. The molecule has 1 aromatic carbocycles. The third-order valence-electron chi connectivity index (χ3n) is 3.20. The molecule has 9 heteroatoms. The summed E-state index contributed by atoms with van der Waals surface area (Å²) in [5.41, 5.74) is 0.129. The number of β-lactam (4-membered cyclic amide) rings is 1. The average Bonchev–Trinajstić information content (AvgIpc) is 2.54. The smallest absolute Gasteiger partial charge is 0.274 e. The van der Waals surface area contributed by atoms with Crippen LogP contribution >= 0.6 is 11.9 Å². The highest BCUT2D eigenvalue weighted by Gasteiger charge is 2.43. The molecule has 0 spiro atoms. The van der Waals surface area contributed by atoms with Crippen LogP contribution in [0.3, 0.4) is 0 Å². The highest BCUT2D eigenvalue weighted by molar-refractivity contribution is 7.96. The lowest BCUT2D eigenvalue weighted by atomic mass is 10.1. The Bertz CT molecular complexity index is 634. The number of nitrogens with zero attached hydrogens (tertiary/aromatic N) is 3. The van der Waals surface area contributed by atoms with E-state index in [4.69, 9.17) is 4.84 Å². The molecule has 0 saturated carbocycles. The third-order valence-corrected chi connectivity index (χ3v) is 4.04. The monoisotopic (exact) mass is 337 g/mol. The van der Waals surface area contributed by atoms with Crippen LogP contribution in [0.4, 0.5) is 5.69 Å². The Morgan fingerprint density at radius 3 is 2.70 bits per heavy atom. The fourth-order valence-electron chi connectivity index (χ4n) is 2.05. The van der Waals surface area contributed by atoms with Gasteiger partial charge in [-0.1, -0.05) is 6.08 Å². The van der Waals surface area contributed by atoms with Gasteiger partial charge in [0.2, 0.25) is 5.91 Å². The molecule has 0 bridgehead atoms. The van der Waals surface area contributed by atoms with Crippen LogP contribution in [-0.2, 0) is 9.63 Å². The number of nitro groups is 1. The van der Waals surface area contributed by atoms with E-state index in [2.05, 4.69) is 6.58 Å². The molecule has 0 radical (unpaired) electrons. The summed E-state index contributed by atoms with van der Waals surface area (Å²) in [5.74, 6) is -0.565. The van der Waals surface area contributed by atoms with E-state index in [1.54, 1.807) is 6.26 Å². The molecule has 122 valence electrons. The summed E-state index contributed by atoms with van der Waals surface area (Å²) >= 11 is 1.20. The minimum atomic E-state index is -0.541. The van der Waals surface area contributed by atoms with Gasteiger partial charge in [-0.05, 0) is 24.1 Å². The summed E-state index contributed by atoms with van der Waals surface area (Å²) in [5, 5.41) is 11.8. The van der Waals surface area contributed by atoms with Gasteiger partial charge in [0.1, 0.15) is 0 Å². The van der Waals surface area contributed by atoms with Gasteiger partial charge < -0.3 is 0 Å². The predicted molar refractivity (Wildman–Crippen MR) is 84.2 cm³/mol. The van der Waals surface area contributed by atoms with Gasteiger partial charge in [-0.2, -0.15) is 5.06 Å². The molecule has 2 rings (SSSR count). The number of amides is 2. The van der Waals surface area contributed by atoms with E-state index in [9.17, 15) is 19.7 Å². The average molecular weight is 337 g/mol. The maximum atomic E-state index is 12.6. The number of hydrogen-bond donors (Lipinski definition) is 0. The van der Waals surface area contributed by atoms with E-state index < -0.39 is 17.0 Å². The molecule has 23 heavy (non-hydrogen) atoms. The van der Waals surface area contributed by atoms with Gasteiger partial charge in [-0.25, -0.2) is 0 Å². The number of rotatable bonds is 7. The molecule has 1 aliphatic heterocycles. The highest BCUT2D eigenvalue weighted by atomic mass is 32.2. The molecule has 0 aromatic heterocycles. The zero-order valence-corrected chi connectivity index (χ0v) is 13.2. The van der Waals surface area contributed by atoms with Crippen LogP contribution in [0, 0.1) is 10.1 Å². The normalized spacial score (nSPS) is 16.7. The topological polar surface area (TPSA) is 93.0 Å². The maximum Gasteiger partial charge on any atom is 0.279 e. The van der Waals surface area contributed by atoms with Crippen molar-refractivity contribution in [3.63, 3.8) is 0 Å². The molecule has 0 aliphatic carbocycles. The Labute approximate surface area is 136 Å². The summed E-state index contributed by atoms with van der Waals surface area (Å²) in [4.78, 5) is 39.6.